The van der Waals surface area contributed by atoms with Crippen LogP contribution < -0.4 is 10.2 Å². The summed E-state index contributed by atoms with van der Waals surface area (Å²) in [7, 11) is 0. The fourth-order valence-corrected chi connectivity index (χ4v) is 3.98. The number of hydrogen-bond donors (Lipinski definition) is 1. The number of benzene rings is 2. The molecular formula is C23H23N3O3. The van der Waals surface area contributed by atoms with Crippen molar-refractivity contribution in [2.45, 2.75) is 25.4 Å². The number of nitrogens with zero attached hydrogens (tertiary/aromatic N) is 2. The number of fused-ring (bicyclic) bond motifs is 2. The first-order valence-corrected chi connectivity index (χ1v) is 9.79. The van der Waals surface area contributed by atoms with Crippen molar-refractivity contribution < 1.29 is 14.4 Å². The van der Waals surface area contributed by atoms with E-state index >= 15 is 0 Å². The van der Waals surface area contributed by atoms with E-state index in [0.29, 0.717) is 42.9 Å². The van der Waals surface area contributed by atoms with Gasteiger partial charge in [0, 0.05) is 18.7 Å². The summed E-state index contributed by atoms with van der Waals surface area (Å²) in [6.45, 7) is 4.96. The largest absolute Gasteiger partial charge is 0.349 e. The van der Waals surface area contributed by atoms with Crippen molar-refractivity contribution in [2.75, 3.05) is 18.0 Å². The Morgan fingerprint density at radius 2 is 1.90 bits per heavy atom. The SMILES string of the molecule is C=CCNC(=O)c1ccc(CN2C(=O)C3CCCN3C(=O)c3ccccc32)cc1. The lowest BCUT2D eigenvalue weighted by atomic mass is 10.1. The molecular weight excluding hydrogens is 366 g/mol. The van der Waals surface area contributed by atoms with Crippen molar-refractivity contribution in [1.82, 2.24) is 10.2 Å². The molecule has 4 rings (SSSR count). The summed E-state index contributed by atoms with van der Waals surface area (Å²) >= 11 is 0. The normalized spacial score (nSPS) is 18.1. The lowest BCUT2D eigenvalue weighted by Gasteiger charge is -2.26. The number of carbonyl (C=O) groups excluding carboxylic acids is 3. The van der Waals surface area contributed by atoms with Crippen LogP contribution in [0.15, 0.2) is 61.2 Å². The van der Waals surface area contributed by atoms with Crippen molar-refractivity contribution in [3.05, 3.63) is 77.9 Å². The molecule has 2 aromatic rings. The van der Waals surface area contributed by atoms with Crippen molar-refractivity contribution in [3.8, 4) is 0 Å². The van der Waals surface area contributed by atoms with Gasteiger partial charge < -0.3 is 15.1 Å². The first-order chi connectivity index (χ1) is 14.1. The fourth-order valence-electron chi connectivity index (χ4n) is 3.98. The maximum atomic E-state index is 13.3. The van der Waals surface area contributed by atoms with Gasteiger partial charge in [0.1, 0.15) is 6.04 Å². The van der Waals surface area contributed by atoms with Crippen LogP contribution in [0.5, 0.6) is 0 Å². The molecule has 0 spiro atoms. The second-order valence-corrected chi connectivity index (χ2v) is 7.29. The zero-order valence-corrected chi connectivity index (χ0v) is 16.1. The number of rotatable bonds is 5. The van der Waals surface area contributed by atoms with E-state index in [1.54, 1.807) is 34.1 Å². The van der Waals surface area contributed by atoms with Gasteiger partial charge in [-0.3, -0.25) is 14.4 Å². The molecule has 2 aliphatic heterocycles. The first-order valence-electron chi connectivity index (χ1n) is 9.79. The standard InChI is InChI=1S/C23H23N3O3/c1-2-13-24-21(27)17-11-9-16(10-12-17)15-26-19-7-4-3-6-18(19)22(28)25-14-5-8-20(25)23(26)29/h2-4,6-7,9-12,20H,1,5,8,13-15H2,(H,24,27). The predicted octanol–water partition coefficient (Wildman–Crippen LogP) is 2.75. The molecule has 0 saturated carbocycles. The molecule has 0 aromatic heterocycles. The summed E-state index contributed by atoms with van der Waals surface area (Å²) in [4.78, 5) is 41.7. The maximum absolute atomic E-state index is 13.3. The Kier molecular flexibility index (Phi) is 5.16. The molecule has 6 heteroatoms. The summed E-state index contributed by atoms with van der Waals surface area (Å²) < 4.78 is 0. The van der Waals surface area contributed by atoms with Gasteiger partial charge in [0.25, 0.3) is 11.8 Å². The van der Waals surface area contributed by atoms with Gasteiger partial charge >= 0.3 is 0 Å². The Labute approximate surface area is 169 Å². The third kappa shape index (κ3) is 3.53. The van der Waals surface area contributed by atoms with E-state index in [1.807, 2.05) is 30.3 Å². The fraction of sp³-hybridized carbons (Fsp3) is 0.261. The van der Waals surface area contributed by atoms with Crippen LogP contribution in [0.3, 0.4) is 0 Å². The van der Waals surface area contributed by atoms with Gasteiger partial charge in [0.2, 0.25) is 5.91 Å². The average molecular weight is 389 g/mol. The van der Waals surface area contributed by atoms with Gasteiger partial charge in [0.05, 0.1) is 17.8 Å². The number of nitrogens with one attached hydrogen (secondary N) is 1. The second kappa shape index (κ2) is 7.91. The van der Waals surface area contributed by atoms with Gasteiger partial charge in [-0.25, -0.2) is 0 Å². The molecule has 148 valence electrons. The Bertz CT molecular complexity index is 968. The molecule has 0 bridgehead atoms. The minimum atomic E-state index is -0.404. The second-order valence-electron chi connectivity index (χ2n) is 7.29. The quantitative estimate of drug-likeness (QED) is 0.800. The molecule has 29 heavy (non-hydrogen) atoms. The van der Waals surface area contributed by atoms with E-state index in [9.17, 15) is 14.4 Å². The van der Waals surface area contributed by atoms with Crippen molar-refractivity contribution in [1.29, 1.82) is 0 Å². The van der Waals surface area contributed by atoms with Crippen molar-refractivity contribution in [2.24, 2.45) is 0 Å². The Hall–Kier alpha value is -3.41. The van der Waals surface area contributed by atoms with Crippen LogP contribution >= 0.6 is 0 Å². The minimum absolute atomic E-state index is 0.0476. The molecule has 0 radical (unpaired) electrons. The highest BCUT2D eigenvalue weighted by atomic mass is 16.2. The van der Waals surface area contributed by atoms with E-state index in [0.717, 1.165) is 12.0 Å². The Morgan fingerprint density at radius 1 is 1.14 bits per heavy atom. The number of para-hydroxylation sites is 1. The number of carbonyl (C=O) groups is 3. The van der Waals surface area contributed by atoms with Gasteiger partial charge in [-0.1, -0.05) is 30.3 Å². The van der Waals surface area contributed by atoms with Crippen LogP contribution in [-0.2, 0) is 11.3 Å². The predicted molar refractivity (Wildman–Crippen MR) is 111 cm³/mol. The van der Waals surface area contributed by atoms with Crippen LogP contribution in [0.25, 0.3) is 0 Å². The molecule has 0 aliphatic carbocycles. The molecule has 2 aliphatic rings. The van der Waals surface area contributed by atoms with Gasteiger partial charge in [-0.15, -0.1) is 6.58 Å². The van der Waals surface area contributed by atoms with Crippen LogP contribution in [0.1, 0.15) is 39.1 Å². The molecule has 2 aromatic carbocycles. The lowest BCUT2D eigenvalue weighted by Crippen LogP contribution is -2.44. The summed E-state index contributed by atoms with van der Waals surface area (Å²) in [5.41, 5.74) is 2.65. The third-order valence-corrected chi connectivity index (χ3v) is 5.45. The monoisotopic (exact) mass is 389 g/mol. The third-order valence-electron chi connectivity index (χ3n) is 5.45. The summed E-state index contributed by atoms with van der Waals surface area (Å²) in [6.07, 6.45) is 3.16. The van der Waals surface area contributed by atoms with Crippen LogP contribution in [-0.4, -0.2) is 41.8 Å². The van der Waals surface area contributed by atoms with E-state index in [2.05, 4.69) is 11.9 Å². The van der Waals surface area contributed by atoms with Crippen LogP contribution in [0, 0.1) is 0 Å². The minimum Gasteiger partial charge on any atom is -0.349 e. The summed E-state index contributed by atoms with van der Waals surface area (Å²) in [5, 5.41) is 2.74. The van der Waals surface area contributed by atoms with Gasteiger partial charge in [-0.05, 0) is 42.7 Å². The molecule has 1 N–H and O–H groups in total. The highest BCUT2D eigenvalue weighted by molar-refractivity contribution is 6.11. The molecule has 1 saturated heterocycles. The number of hydrogen-bond acceptors (Lipinski definition) is 3. The van der Waals surface area contributed by atoms with Crippen LogP contribution in [0.2, 0.25) is 0 Å². The zero-order valence-electron chi connectivity index (χ0n) is 16.1. The van der Waals surface area contributed by atoms with E-state index in [1.165, 1.54) is 0 Å². The zero-order chi connectivity index (χ0) is 20.4. The van der Waals surface area contributed by atoms with Crippen molar-refractivity contribution >= 4 is 23.4 Å². The smallest absolute Gasteiger partial charge is 0.256 e. The van der Waals surface area contributed by atoms with Crippen LogP contribution in [0.4, 0.5) is 5.69 Å². The first kappa shape index (κ1) is 18.9. The Morgan fingerprint density at radius 3 is 2.66 bits per heavy atom. The number of amides is 3. The summed E-state index contributed by atoms with van der Waals surface area (Å²) in [5.74, 6) is -0.290. The molecule has 1 unspecified atom stereocenters. The van der Waals surface area contributed by atoms with E-state index in [-0.39, 0.29) is 17.7 Å². The molecule has 1 fully saturated rings. The maximum Gasteiger partial charge on any atom is 0.256 e. The van der Waals surface area contributed by atoms with Gasteiger partial charge in [0.15, 0.2) is 0 Å². The number of anilines is 1. The molecule has 3 amide bonds. The molecule has 6 nitrogen and oxygen atoms in total. The van der Waals surface area contributed by atoms with E-state index in [4.69, 9.17) is 0 Å². The topological polar surface area (TPSA) is 69.7 Å². The highest BCUT2D eigenvalue weighted by Gasteiger charge is 2.41. The summed E-state index contributed by atoms with van der Waals surface area (Å²) in [6, 6.07) is 14.1. The Balaban J connectivity index is 1.62. The van der Waals surface area contributed by atoms with Crippen molar-refractivity contribution in [3.63, 3.8) is 0 Å². The molecule has 2 heterocycles. The average Bonchev–Trinajstić information content (AvgIpc) is 3.22. The van der Waals surface area contributed by atoms with Gasteiger partial charge in [-0.2, -0.15) is 0 Å². The lowest BCUT2D eigenvalue weighted by molar-refractivity contribution is -0.122. The van der Waals surface area contributed by atoms with E-state index < -0.39 is 6.04 Å². The highest BCUT2D eigenvalue weighted by Crippen LogP contribution is 2.33. The molecule has 1 atom stereocenters.